The molecule has 88 valence electrons. The first kappa shape index (κ1) is 13.1. The SMILES string of the molecule is C=CCCNc1cc(Br)cc(C(F)(F)F)c1. The average Bonchev–Trinajstić information content (AvgIpc) is 2.16. The largest absolute Gasteiger partial charge is 0.416 e. The molecule has 0 spiro atoms. The lowest BCUT2D eigenvalue weighted by Gasteiger charge is -2.11. The first-order chi connectivity index (χ1) is 7.43. The molecule has 0 radical (unpaired) electrons. The molecule has 1 nitrogen and oxygen atoms in total. The minimum absolute atomic E-state index is 0.406. The molecule has 5 heteroatoms. The molecular weight excluding hydrogens is 283 g/mol. The maximum absolute atomic E-state index is 12.5. The van der Waals surface area contributed by atoms with Gasteiger partial charge < -0.3 is 5.32 Å². The van der Waals surface area contributed by atoms with Gasteiger partial charge in [-0.2, -0.15) is 13.2 Å². The normalized spacial score (nSPS) is 11.2. The fourth-order valence-electron chi connectivity index (χ4n) is 1.17. The van der Waals surface area contributed by atoms with Gasteiger partial charge in [0, 0.05) is 16.7 Å². The van der Waals surface area contributed by atoms with Gasteiger partial charge in [-0.15, -0.1) is 6.58 Å². The minimum atomic E-state index is -4.32. The molecule has 0 unspecified atom stereocenters. The van der Waals surface area contributed by atoms with Gasteiger partial charge in [0.25, 0.3) is 0 Å². The van der Waals surface area contributed by atoms with E-state index in [0.717, 1.165) is 12.1 Å². The van der Waals surface area contributed by atoms with E-state index in [1.54, 1.807) is 12.1 Å². The minimum Gasteiger partial charge on any atom is -0.385 e. The number of hydrogen-bond donors (Lipinski definition) is 1. The maximum Gasteiger partial charge on any atom is 0.416 e. The number of halogens is 4. The number of anilines is 1. The molecule has 0 amide bonds. The summed E-state index contributed by atoms with van der Waals surface area (Å²) in [5.41, 5.74) is -0.216. The molecule has 16 heavy (non-hydrogen) atoms. The Morgan fingerprint density at radius 1 is 1.31 bits per heavy atom. The molecular formula is C11H11BrF3N. The molecule has 0 fully saturated rings. The number of rotatable bonds is 4. The van der Waals surface area contributed by atoms with Crippen molar-refractivity contribution in [2.45, 2.75) is 12.6 Å². The van der Waals surface area contributed by atoms with Crippen molar-refractivity contribution in [3.8, 4) is 0 Å². The highest BCUT2D eigenvalue weighted by Gasteiger charge is 2.30. The van der Waals surface area contributed by atoms with E-state index in [1.807, 2.05) is 0 Å². The van der Waals surface area contributed by atoms with Crippen molar-refractivity contribution in [2.24, 2.45) is 0 Å². The van der Waals surface area contributed by atoms with Crippen LogP contribution in [0.3, 0.4) is 0 Å². The molecule has 0 atom stereocenters. The van der Waals surface area contributed by atoms with E-state index < -0.39 is 11.7 Å². The lowest BCUT2D eigenvalue weighted by Crippen LogP contribution is -2.07. The predicted octanol–water partition coefficient (Wildman–Crippen LogP) is 4.46. The molecule has 0 saturated carbocycles. The Bertz CT molecular complexity index is 374. The van der Waals surface area contributed by atoms with E-state index in [-0.39, 0.29) is 0 Å². The predicted molar refractivity (Wildman–Crippen MR) is 62.4 cm³/mol. The Kier molecular flexibility index (Phi) is 4.41. The summed E-state index contributed by atoms with van der Waals surface area (Å²) < 4.78 is 37.8. The van der Waals surface area contributed by atoms with E-state index in [4.69, 9.17) is 0 Å². The summed E-state index contributed by atoms with van der Waals surface area (Å²) >= 11 is 3.05. The van der Waals surface area contributed by atoms with Crippen LogP contribution in [0, 0.1) is 0 Å². The number of nitrogens with one attached hydrogen (secondary N) is 1. The van der Waals surface area contributed by atoms with Crippen LogP contribution in [-0.2, 0) is 6.18 Å². The van der Waals surface area contributed by atoms with Crippen LogP contribution in [-0.4, -0.2) is 6.54 Å². The zero-order valence-corrected chi connectivity index (χ0v) is 10.0. The van der Waals surface area contributed by atoms with E-state index in [1.165, 1.54) is 0 Å². The highest BCUT2D eigenvalue weighted by atomic mass is 79.9. The fourth-order valence-corrected chi connectivity index (χ4v) is 1.67. The molecule has 0 aliphatic carbocycles. The zero-order chi connectivity index (χ0) is 12.2. The number of hydrogen-bond acceptors (Lipinski definition) is 1. The Morgan fingerprint density at radius 3 is 2.56 bits per heavy atom. The quantitative estimate of drug-likeness (QED) is 0.638. The van der Waals surface area contributed by atoms with Crippen LogP contribution in [0.5, 0.6) is 0 Å². The number of benzene rings is 1. The van der Waals surface area contributed by atoms with Gasteiger partial charge in [0.2, 0.25) is 0 Å². The van der Waals surface area contributed by atoms with E-state index in [0.29, 0.717) is 23.1 Å². The third-order valence-electron chi connectivity index (χ3n) is 1.90. The molecule has 1 N–H and O–H groups in total. The van der Waals surface area contributed by atoms with Gasteiger partial charge in [-0.25, -0.2) is 0 Å². The smallest absolute Gasteiger partial charge is 0.385 e. The topological polar surface area (TPSA) is 12.0 Å². The standard InChI is InChI=1S/C11H11BrF3N/c1-2-3-4-16-10-6-8(11(13,14)15)5-9(12)7-10/h2,5-7,16H,1,3-4H2. The molecule has 1 rings (SSSR count). The highest BCUT2D eigenvalue weighted by molar-refractivity contribution is 9.10. The van der Waals surface area contributed by atoms with Gasteiger partial charge in [0.15, 0.2) is 0 Å². The summed E-state index contributed by atoms with van der Waals surface area (Å²) in [6, 6.07) is 3.75. The maximum atomic E-state index is 12.5. The van der Waals surface area contributed by atoms with Gasteiger partial charge in [-0.05, 0) is 24.6 Å². The lowest BCUT2D eigenvalue weighted by molar-refractivity contribution is -0.137. The van der Waals surface area contributed by atoms with Crippen LogP contribution in [0.1, 0.15) is 12.0 Å². The summed E-state index contributed by atoms with van der Waals surface area (Å²) in [6.07, 6.45) is -1.91. The summed E-state index contributed by atoms with van der Waals surface area (Å²) in [5.74, 6) is 0. The summed E-state index contributed by atoms with van der Waals surface area (Å²) in [7, 11) is 0. The molecule has 0 aliphatic heterocycles. The lowest BCUT2D eigenvalue weighted by atomic mass is 10.2. The van der Waals surface area contributed by atoms with Crippen molar-refractivity contribution >= 4 is 21.6 Å². The first-order valence-corrected chi connectivity index (χ1v) is 5.45. The van der Waals surface area contributed by atoms with E-state index >= 15 is 0 Å². The van der Waals surface area contributed by atoms with Crippen LogP contribution in [0.25, 0.3) is 0 Å². The van der Waals surface area contributed by atoms with Crippen molar-refractivity contribution < 1.29 is 13.2 Å². The third-order valence-corrected chi connectivity index (χ3v) is 2.36. The van der Waals surface area contributed by atoms with Crippen LogP contribution < -0.4 is 5.32 Å². The van der Waals surface area contributed by atoms with Gasteiger partial charge in [0.05, 0.1) is 5.56 Å². The summed E-state index contributed by atoms with van der Waals surface area (Å²) in [4.78, 5) is 0. The van der Waals surface area contributed by atoms with Crippen molar-refractivity contribution in [1.29, 1.82) is 0 Å². The summed E-state index contributed by atoms with van der Waals surface area (Å²) in [6.45, 7) is 4.10. The van der Waals surface area contributed by atoms with Crippen LogP contribution in [0.2, 0.25) is 0 Å². The zero-order valence-electron chi connectivity index (χ0n) is 8.44. The van der Waals surface area contributed by atoms with Crippen molar-refractivity contribution in [1.82, 2.24) is 0 Å². The van der Waals surface area contributed by atoms with Gasteiger partial charge in [-0.1, -0.05) is 22.0 Å². The average molecular weight is 294 g/mol. The van der Waals surface area contributed by atoms with Gasteiger partial charge >= 0.3 is 6.18 Å². The molecule has 1 aromatic carbocycles. The Labute approximate surface area is 100 Å². The second-order valence-corrected chi connectivity index (χ2v) is 4.15. The molecule has 0 bridgehead atoms. The second kappa shape index (κ2) is 5.39. The van der Waals surface area contributed by atoms with Crippen molar-refractivity contribution in [3.05, 3.63) is 40.9 Å². The van der Waals surface area contributed by atoms with Gasteiger partial charge in [0.1, 0.15) is 0 Å². The fraction of sp³-hybridized carbons (Fsp3) is 0.273. The Hall–Kier alpha value is -0.970. The van der Waals surface area contributed by atoms with Crippen LogP contribution in [0.4, 0.5) is 18.9 Å². The second-order valence-electron chi connectivity index (χ2n) is 3.23. The molecule has 0 aromatic heterocycles. The third kappa shape index (κ3) is 3.89. The van der Waals surface area contributed by atoms with Crippen LogP contribution in [0.15, 0.2) is 35.3 Å². The van der Waals surface area contributed by atoms with Gasteiger partial charge in [-0.3, -0.25) is 0 Å². The van der Waals surface area contributed by atoms with E-state index in [9.17, 15) is 13.2 Å². The molecule has 0 aliphatic rings. The molecule has 1 aromatic rings. The number of alkyl halides is 3. The van der Waals surface area contributed by atoms with Crippen molar-refractivity contribution in [2.75, 3.05) is 11.9 Å². The monoisotopic (exact) mass is 293 g/mol. The Morgan fingerprint density at radius 2 is 2.00 bits per heavy atom. The van der Waals surface area contributed by atoms with Crippen LogP contribution >= 0.6 is 15.9 Å². The summed E-state index contributed by atoms with van der Waals surface area (Å²) in [5, 5.41) is 2.90. The van der Waals surface area contributed by atoms with Crippen molar-refractivity contribution in [3.63, 3.8) is 0 Å². The molecule has 0 heterocycles. The first-order valence-electron chi connectivity index (χ1n) is 4.66. The van der Waals surface area contributed by atoms with E-state index in [2.05, 4.69) is 27.8 Å². The molecule has 0 saturated heterocycles. The Balaban J connectivity index is 2.86. The highest BCUT2D eigenvalue weighted by Crippen LogP contribution is 2.33.